The monoisotopic (exact) mass is 316 g/mol. The molecule has 1 aromatic rings. The highest BCUT2D eigenvalue weighted by Gasteiger charge is 2.34. The molecule has 116 valence electrons. The minimum absolute atomic E-state index is 0.0892. The molecule has 0 amide bonds. The van der Waals surface area contributed by atoms with E-state index in [0.29, 0.717) is 5.92 Å². The minimum Gasteiger partial charge on any atom is -0.389 e. The Kier molecular flexibility index (Phi) is 4.76. The fraction of sp³-hybridized carbons (Fsp3) is 0.533. The maximum Gasteiger partial charge on any atom is 0.417 e. The molecular weight excluding hydrogens is 297 g/mol. The molecular formula is C15H19F3N2S. The van der Waals surface area contributed by atoms with Crippen LogP contribution in [-0.2, 0) is 6.18 Å². The van der Waals surface area contributed by atoms with Crippen molar-refractivity contribution in [3.63, 3.8) is 0 Å². The maximum atomic E-state index is 13.0. The summed E-state index contributed by atoms with van der Waals surface area (Å²) in [6.07, 6.45) is -1.12. The number of thiocarbonyl (C=S) groups is 1. The molecule has 0 aromatic heterocycles. The van der Waals surface area contributed by atoms with Gasteiger partial charge < -0.3 is 10.6 Å². The summed E-state index contributed by atoms with van der Waals surface area (Å²) in [4.78, 5) is 1.91. The van der Waals surface area contributed by atoms with Crippen molar-refractivity contribution in [1.82, 2.24) is 0 Å². The quantitative estimate of drug-likeness (QED) is 0.856. The number of hydrogen-bond donors (Lipinski definition) is 1. The molecule has 0 aliphatic carbocycles. The van der Waals surface area contributed by atoms with Crippen molar-refractivity contribution in [2.75, 3.05) is 18.0 Å². The summed E-state index contributed by atoms with van der Waals surface area (Å²) in [5.41, 5.74) is 5.39. The summed E-state index contributed by atoms with van der Waals surface area (Å²) in [6.45, 7) is 3.87. The Labute approximate surface area is 128 Å². The fourth-order valence-electron chi connectivity index (χ4n) is 2.81. The van der Waals surface area contributed by atoms with Crippen LogP contribution >= 0.6 is 12.2 Å². The number of nitrogens with zero attached hydrogens (tertiary/aromatic N) is 1. The Hall–Kier alpha value is -1.30. The third kappa shape index (κ3) is 3.67. The van der Waals surface area contributed by atoms with Gasteiger partial charge in [-0.25, -0.2) is 0 Å². The molecule has 1 aliphatic heterocycles. The molecule has 0 radical (unpaired) electrons. The first-order chi connectivity index (χ1) is 9.82. The van der Waals surface area contributed by atoms with E-state index in [0.717, 1.165) is 37.7 Å². The lowest BCUT2D eigenvalue weighted by atomic mass is 9.95. The summed E-state index contributed by atoms with van der Waals surface area (Å²) in [5.74, 6) is 0.592. The number of piperidine rings is 1. The van der Waals surface area contributed by atoms with Crippen LogP contribution in [0, 0.1) is 5.92 Å². The van der Waals surface area contributed by atoms with Crippen LogP contribution in [0.5, 0.6) is 0 Å². The van der Waals surface area contributed by atoms with Gasteiger partial charge in [0.25, 0.3) is 0 Å². The number of rotatable bonds is 3. The number of benzene rings is 1. The molecule has 2 N–H and O–H groups in total. The van der Waals surface area contributed by atoms with E-state index in [-0.39, 0.29) is 10.6 Å². The number of nitrogens with two attached hydrogens (primary N) is 1. The predicted molar refractivity (Wildman–Crippen MR) is 82.6 cm³/mol. The van der Waals surface area contributed by atoms with Crippen molar-refractivity contribution < 1.29 is 13.2 Å². The van der Waals surface area contributed by atoms with E-state index in [4.69, 9.17) is 18.0 Å². The van der Waals surface area contributed by atoms with Crippen LogP contribution in [-0.4, -0.2) is 18.1 Å². The first kappa shape index (κ1) is 16.1. The molecule has 1 aliphatic rings. The topological polar surface area (TPSA) is 29.3 Å². The van der Waals surface area contributed by atoms with Gasteiger partial charge in [0.1, 0.15) is 4.99 Å². The summed E-state index contributed by atoms with van der Waals surface area (Å²) in [7, 11) is 0. The Balaban J connectivity index is 2.34. The van der Waals surface area contributed by atoms with Crippen molar-refractivity contribution in [1.29, 1.82) is 0 Å². The zero-order valence-electron chi connectivity index (χ0n) is 11.9. The Morgan fingerprint density at radius 2 is 2.14 bits per heavy atom. The lowest BCUT2D eigenvalue weighted by Crippen LogP contribution is -2.35. The third-order valence-corrected chi connectivity index (χ3v) is 4.26. The van der Waals surface area contributed by atoms with Crippen LogP contribution in [0.15, 0.2) is 18.2 Å². The van der Waals surface area contributed by atoms with Gasteiger partial charge in [-0.2, -0.15) is 13.2 Å². The molecule has 0 spiro atoms. The van der Waals surface area contributed by atoms with Gasteiger partial charge in [0.05, 0.1) is 5.56 Å². The van der Waals surface area contributed by atoms with Crippen LogP contribution in [0.3, 0.4) is 0 Å². The van der Waals surface area contributed by atoms with Gasteiger partial charge in [0.15, 0.2) is 0 Å². The van der Waals surface area contributed by atoms with E-state index in [1.807, 2.05) is 0 Å². The molecule has 1 atom stereocenters. The van der Waals surface area contributed by atoms with E-state index in [9.17, 15) is 13.2 Å². The zero-order valence-corrected chi connectivity index (χ0v) is 12.7. The van der Waals surface area contributed by atoms with Crippen LogP contribution in [0.2, 0.25) is 0 Å². The zero-order chi connectivity index (χ0) is 15.6. The Morgan fingerprint density at radius 3 is 2.71 bits per heavy atom. The smallest absolute Gasteiger partial charge is 0.389 e. The summed E-state index contributed by atoms with van der Waals surface area (Å²) >= 11 is 4.78. The summed E-state index contributed by atoms with van der Waals surface area (Å²) in [6, 6.07) is 4.07. The van der Waals surface area contributed by atoms with Gasteiger partial charge in [-0.15, -0.1) is 0 Å². The molecule has 1 unspecified atom stereocenters. The SMILES string of the molecule is CCC1CCCN(c2ccc(C(F)(F)F)c(C(N)=S)c2)C1. The van der Waals surface area contributed by atoms with Gasteiger partial charge in [0.2, 0.25) is 0 Å². The normalized spacial score (nSPS) is 19.6. The number of hydrogen-bond acceptors (Lipinski definition) is 2. The van der Waals surface area contributed by atoms with Crippen molar-refractivity contribution in [3.05, 3.63) is 29.3 Å². The number of halogens is 3. The fourth-order valence-corrected chi connectivity index (χ4v) is 2.98. The van der Waals surface area contributed by atoms with E-state index < -0.39 is 11.7 Å². The first-order valence-corrected chi connectivity index (χ1v) is 7.49. The van der Waals surface area contributed by atoms with Crippen LogP contribution in [0.25, 0.3) is 0 Å². The van der Waals surface area contributed by atoms with E-state index >= 15 is 0 Å². The van der Waals surface area contributed by atoms with Gasteiger partial charge in [-0.1, -0.05) is 25.6 Å². The predicted octanol–water partition coefficient (Wildman–Crippen LogP) is 3.97. The number of anilines is 1. The lowest BCUT2D eigenvalue weighted by Gasteiger charge is -2.34. The van der Waals surface area contributed by atoms with Gasteiger partial charge in [-0.05, 0) is 37.0 Å². The maximum absolute atomic E-state index is 13.0. The molecule has 0 bridgehead atoms. The largest absolute Gasteiger partial charge is 0.417 e. The average Bonchev–Trinajstić information content (AvgIpc) is 2.45. The summed E-state index contributed by atoms with van der Waals surface area (Å²) in [5, 5.41) is 0. The molecule has 2 rings (SSSR count). The Bertz CT molecular complexity index is 528. The van der Waals surface area contributed by atoms with E-state index in [1.54, 1.807) is 0 Å². The molecule has 6 heteroatoms. The van der Waals surface area contributed by atoms with Crippen molar-refractivity contribution in [2.24, 2.45) is 11.7 Å². The van der Waals surface area contributed by atoms with Crippen molar-refractivity contribution >= 4 is 22.9 Å². The molecule has 2 nitrogen and oxygen atoms in total. The van der Waals surface area contributed by atoms with E-state index in [1.165, 1.54) is 18.6 Å². The lowest BCUT2D eigenvalue weighted by molar-refractivity contribution is -0.137. The second-order valence-corrected chi connectivity index (χ2v) is 5.89. The highest BCUT2D eigenvalue weighted by atomic mass is 32.1. The summed E-state index contributed by atoms with van der Waals surface area (Å²) < 4.78 is 38.9. The van der Waals surface area contributed by atoms with Gasteiger partial charge >= 0.3 is 6.18 Å². The molecule has 1 aromatic carbocycles. The van der Waals surface area contributed by atoms with Crippen LogP contribution < -0.4 is 10.6 Å². The first-order valence-electron chi connectivity index (χ1n) is 7.09. The standard InChI is InChI=1S/C15H19F3N2S/c1-2-10-4-3-7-20(9-10)11-5-6-13(15(16,17)18)12(8-11)14(19)21/h5-6,8,10H,2-4,7,9H2,1H3,(H2,19,21). The second-order valence-electron chi connectivity index (χ2n) is 5.45. The average molecular weight is 316 g/mol. The van der Waals surface area contributed by atoms with Crippen LogP contribution in [0.1, 0.15) is 37.3 Å². The van der Waals surface area contributed by atoms with Crippen molar-refractivity contribution in [2.45, 2.75) is 32.4 Å². The Morgan fingerprint density at radius 1 is 1.43 bits per heavy atom. The molecule has 1 heterocycles. The van der Waals surface area contributed by atoms with Gasteiger partial charge in [0, 0.05) is 24.3 Å². The van der Waals surface area contributed by atoms with Crippen LogP contribution in [0.4, 0.5) is 18.9 Å². The third-order valence-electron chi connectivity index (χ3n) is 4.04. The minimum atomic E-state index is -4.44. The number of alkyl halides is 3. The highest BCUT2D eigenvalue weighted by molar-refractivity contribution is 7.80. The second kappa shape index (κ2) is 6.22. The molecule has 1 saturated heterocycles. The van der Waals surface area contributed by atoms with Crippen molar-refractivity contribution in [3.8, 4) is 0 Å². The van der Waals surface area contributed by atoms with Gasteiger partial charge in [-0.3, -0.25) is 0 Å². The molecule has 0 saturated carbocycles. The highest BCUT2D eigenvalue weighted by Crippen LogP contribution is 2.35. The molecule has 21 heavy (non-hydrogen) atoms. The molecule has 1 fully saturated rings. The van der Waals surface area contributed by atoms with E-state index in [2.05, 4.69) is 11.8 Å².